The number of benzene rings is 2. The summed E-state index contributed by atoms with van der Waals surface area (Å²) in [5.74, 6) is -0.140. The van der Waals surface area contributed by atoms with E-state index < -0.39 is 0 Å². The van der Waals surface area contributed by atoms with Crippen LogP contribution >= 0.6 is 47.2 Å². The summed E-state index contributed by atoms with van der Waals surface area (Å²) < 4.78 is 0.514. The largest absolute Gasteiger partial charge is 0.270 e. The number of thiocarbonyl (C=S) groups is 1. The molecular formula is C18H13Cl2NOS2. The molecule has 1 saturated heterocycles. The molecule has 2 aromatic rings. The van der Waals surface area contributed by atoms with E-state index in [0.29, 0.717) is 19.3 Å². The number of hydrogen-bond donors (Lipinski definition) is 0. The molecule has 24 heavy (non-hydrogen) atoms. The van der Waals surface area contributed by atoms with Gasteiger partial charge in [-0.3, -0.25) is 9.69 Å². The maximum Gasteiger partial charge on any atom is 0.270 e. The Bertz CT molecular complexity index is 893. The number of hydrogen-bond acceptors (Lipinski definition) is 3. The van der Waals surface area contributed by atoms with E-state index in [4.69, 9.17) is 35.4 Å². The van der Waals surface area contributed by atoms with E-state index in [2.05, 4.69) is 0 Å². The molecule has 0 atom stereocenters. The summed E-state index contributed by atoms with van der Waals surface area (Å²) in [5, 5.41) is 1.05. The van der Waals surface area contributed by atoms with Crippen LogP contribution in [0.15, 0.2) is 41.3 Å². The molecule has 0 bridgehead atoms. The predicted octanol–water partition coefficient (Wildman–Crippen LogP) is 6.02. The summed E-state index contributed by atoms with van der Waals surface area (Å²) in [6.07, 6.45) is 1.75. The molecule has 1 heterocycles. The Morgan fingerprint density at radius 1 is 1.08 bits per heavy atom. The Kier molecular flexibility index (Phi) is 5.02. The standard InChI is InChI=1S/C18H13Cl2NOS2/c1-10-3-6-14(7-11(10)2)21-17(22)16(24-18(21)23)8-12-4-5-13(19)9-15(12)20/h3-9H,1-2H3/b16-8+. The molecule has 1 aliphatic rings. The summed E-state index contributed by atoms with van der Waals surface area (Å²) in [6.45, 7) is 4.05. The molecule has 0 saturated carbocycles. The van der Waals surface area contributed by atoms with Crippen molar-refractivity contribution < 1.29 is 4.79 Å². The van der Waals surface area contributed by atoms with Gasteiger partial charge < -0.3 is 0 Å². The van der Waals surface area contributed by atoms with Gasteiger partial charge in [0.2, 0.25) is 0 Å². The minimum atomic E-state index is -0.140. The van der Waals surface area contributed by atoms with Crippen LogP contribution in [0, 0.1) is 13.8 Å². The Balaban J connectivity index is 1.96. The zero-order valence-corrected chi connectivity index (χ0v) is 16.1. The molecule has 2 nitrogen and oxygen atoms in total. The van der Waals surface area contributed by atoms with Gasteiger partial charge in [-0.25, -0.2) is 0 Å². The van der Waals surface area contributed by atoms with Gasteiger partial charge in [-0.15, -0.1) is 0 Å². The van der Waals surface area contributed by atoms with Gasteiger partial charge in [0.25, 0.3) is 5.91 Å². The van der Waals surface area contributed by atoms with E-state index >= 15 is 0 Å². The molecule has 1 amide bonds. The summed E-state index contributed by atoms with van der Waals surface area (Å²) >= 11 is 18.8. The molecule has 1 fully saturated rings. The first-order chi connectivity index (χ1) is 11.4. The van der Waals surface area contributed by atoms with E-state index in [9.17, 15) is 4.79 Å². The number of halogens is 2. The van der Waals surface area contributed by atoms with Crippen LogP contribution < -0.4 is 4.90 Å². The maximum absolute atomic E-state index is 12.8. The molecule has 1 aliphatic heterocycles. The number of carbonyl (C=O) groups excluding carboxylic acids is 1. The Morgan fingerprint density at radius 2 is 1.83 bits per heavy atom. The van der Waals surface area contributed by atoms with Crippen LogP contribution in [0.25, 0.3) is 6.08 Å². The van der Waals surface area contributed by atoms with Crippen molar-refractivity contribution >= 4 is 69.2 Å². The molecular weight excluding hydrogens is 381 g/mol. The van der Waals surface area contributed by atoms with Gasteiger partial charge >= 0.3 is 0 Å². The molecule has 0 N–H and O–H groups in total. The quantitative estimate of drug-likeness (QED) is 0.459. The van der Waals surface area contributed by atoms with Crippen LogP contribution in [-0.2, 0) is 4.79 Å². The van der Waals surface area contributed by atoms with Gasteiger partial charge in [-0.2, -0.15) is 0 Å². The molecule has 0 radical (unpaired) electrons. The highest BCUT2D eigenvalue weighted by Gasteiger charge is 2.33. The Labute approximate surface area is 160 Å². The smallest absolute Gasteiger partial charge is 0.268 e. The topological polar surface area (TPSA) is 20.3 Å². The molecule has 0 aromatic heterocycles. The van der Waals surface area contributed by atoms with Crippen LogP contribution in [0.2, 0.25) is 10.0 Å². The van der Waals surface area contributed by atoms with Crippen molar-refractivity contribution in [1.82, 2.24) is 0 Å². The van der Waals surface area contributed by atoms with Gasteiger partial charge in [0.05, 0.1) is 10.6 Å². The van der Waals surface area contributed by atoms with Gasteiger partial charge in [-0.05, 0) is 60.9 Å². The van der Waals surface area contributed by atoms with E-state index in [1.54, 1.807) is 29.2 Å². The van der Waals surface area contributed by atoms with Crippen molar-refractivity contribution in [3.63, 3.8) is 0 Å². The summed E-state index contributed by atoms with van der Waals surface area (Å²) in [5.41, 5.74) is 3.81. The SMILES string of the molecule is Cc1ccc(N2C(=O)/C(=C\c3ccc(Cl)cc3Cl)SC2=S)cc1C. The summed E-state index contributed by atoms with van der Waals surface area (Å²) in [6, 6.07) is 11.0. The fourth-order valence-electron chi connectivity index (χ4n) is 2.31. The van der Waals surface area contributed by atoms with Gasteiger partial charge in [0.15, 0.2) is 4.32 Å². The maximum atomic E-state index is 12.8. The molecule has 6 heteroatoms. The molecule has 0 spiro atoms. The van der Waals surface area contributed by atoms with E-state index in [0.717, 1.165) is 16.8 Å². The first-order valence-corrected chi connectivity index (χ1v) is 9.15. The predicted molar refractivity (Wildman–Crippen MR) is 108 cm³/mol. The van der Waals surface area contributed by atoms with Crippen LogP contribution in [0.5, 0.6) is 0 Å². The zero-order valence-electron chi connectivity index (χ0n) is 13.0. The van der Waals surface area contributed by atoms with Crippen LogP contribution in [-0.4, -0.2) is 10.2 Å². The summed E-state index contributed by atoms with van der Waals surface area (Å²) in [7, 11) is 0. The fourth-order valence-corrected chi connectivity index (χ4v) is 4.07. The van der Waals surface area contributed by atoms with Crippen LogP contribution in [0.1, 0.15) is 16.7 Å². The van der Waals surface area contributed by atoms with E-state index in [1.807, 2.05) is 32.0 Å². The van der Waals surface area contributed by atoms with Crippen molar-refractivity contribution in [1.29, 1.82) is 0 Å². The summed E-state index contributed by atoms with van der Waals surface area (Å²) in [4.78, 5) is 14.9. The third-order valence-electron chi connectivity index (χ3n) is 3.79. The number of nitrogens with zero attached hydrogens (tertiary/aromatic N) is 1. The molecule has 0 aliphatic carbocycles. The minimum absolute atomic E-state index is 0.140. The van der Waals surface area contributed by atoms with E-state index in [1.165, 1.54) is 17.3 Å². The second-order valence-corrected chi connectivity index (χ2v) is 7.97. The third kappa shape index (κ3) is 3.38. The normalized spacial score (nSPS) is 16.3. The first-order valence-electron chi connectivity index (χ1n) is 7.17. The number of thioether (sulfide) groups is 1. The van der Waals surface area contributed by atoms with Crippen molar-refractivity contribution in [3.8, 4) is 0 Å². The highest BCUT2D eigenvalue weighted by atomic mass is 35.5. The molecule has 2 aromatic carbocycles. The van der Waals surface area contributed by atoms with Gasteiger partial charge in [0.1, 0.15) is 0 Å². The third-order valence-corrected chi connectivity index (χ3v) is 5.66. The Hall–Kier alpha value is -1.33. The highest BCUT2D eigenvalue weighted by Crippen LogP contribution is 2.37. The van der Waals surface area contributed by atoms with E-state index in [-0.39, 0.29) is 5.91 Å². The monoisotopic (exact) mass is 393 g/mol. The van der Waals surface area contributed by atoms with Crippen molar-refractivity contribution in [2.45, 2.75) is 13.8 Å². The van der Waals surface area contributed by atoms with Crippen LogP contribution in [0.3, 0.4) is 0 Å². The highest BCUT2D eigenvalue weighted by molar-refractivity contribution is 8.27. The Morgan fingerprint density at radius 3 is 2.50 bits per heavy atom. The minimum Gasteiger partial charge on any atom is -0.268 e. The molecule has 3 rings (SSSR count). The lowest BCUT2D eigenvalue weighted by atomic mass is 10.1. The number of carbonyl (C=O) groups is 1. The number of amides is 1. The van der Waals surface area contributed by atoms with Crippen molar-refractivity contribution in [3.05, 3.63) is 68.0 Å². The number of rotatable bonds is 2. The zero-order chi connectivity index (χ0) is 17.4. The molecule has 0 unspecified atom stereocenters. The lowest BCUT2D eigenvalue weighted by Crippen LogP contribution is -2.27. The van der Waals surface area contributed by atoms with Crippen LogP contribution in [0.4, 0.5) is 5.69 Å². The van der Waals surface area contributed by atoms with Gasteiger partial charge in [-0.1, -0.05) is 59.3 Å². The van der Waals surface area contributed by atoms with Gasteiger partial charge in [0, 0.05) is 10.0 Å². The average molecular weight is 394 g/mol. The van der Waals surface area contributed by atoms with Crippen molar-refractivity contribution in [2.75, 3.05) is 4.90 Å². The molecule has 122 valence electrons. The first kappa shape index (κ1) is 17.5. The fraction of sp³-hybridized carbons (Fsp3) is 0.111. The lowest BCUT2D eigenvalue weighted by molar-refractivity contribution is -0.113. The lowest BCUT2D eigenvalue weighted by Gasteiger charge is -2.15. The van der Waals surface area contributed by atoms with Crippen molar-refractivity contribution in [2.24, 2.45) is 0 Å². The number of anilines is 1. The second-order valence-electron chi connectivity index (χ2n) is 5.45. The number of aryl methyl sites for hydroxylation is 2. The average Bonchev–Trinajstić information content (AvgIpc) is 2.79. The second kappa shape index (κ2) is 6.89.